The van der Waals surface area contributed by atoms with E-state index in [1.165, 1.54) is 0 Å². The molecule has 1 unspecified atom stereocenters. The number of hydrogen-bond donors (Lipinski definition) is 0. The molecule has 2 nitrogen and oxygen atoms in total. The molecule has 2 rings (SSSR count). The molecule has 1 fully saturated rings. The zero-order valence-corrected chi connectivity index (χ0v) is 9.50. The molecule has 5 heteroatoms. The maximum Gasteiger partial charge on any atom is 0.148 e. The van der Waals surface area contributed by atoms with Crippen LogP contribution < -0.4 is 0 Å². The average molecular weight is 244 g/mol. The number of rotatable bonds is 3. The van der Waals surface area contributed by atoms with Crippen molar-refractivity contribution in [3.63, 3.8) is 0 Å². The first kappa shape index (κ1) is 12.4. The van der Waals surface area contributed by atoms with Crippen LogP contribution >= 0.6 is 0 Å². The van der Waals surface area contributed by atoms with Gasteiger partial charge in [-0.3, -0.25) is 14.3 Å². The van der Waals surface area contributed by atoms with Gasteiger partial charge in [0.15, 0.2) is 0 Å². The number of nitrogens with zero attached hydrogens (tertiary/aromatic N) is 2. The van der Waals surface area contributed by atoms with Gasteiger partial charge in [-0.25, -0.2) is 8.78 Å². The molecule has 0 bridgehead atoms. The maximum absolute atomic E-state index is 13.4. The molecule has 0 spiro atoms. The van der Waals surface area contributed by atoms with Crippen molar-refractivity contribution in [1.82, 2.24) is 9.88 Å². The molecule has 0 aromatic carbocycles. The van der Waals surface area contributed by atoms with E-state index in [9.17, 15) is 13.2 Å². The molecule has 0 aliphatic carbocycles. The molecular formula is C12H15F3N2. The van der Waals surface area contributed by atoms with Gasteiger partial charge in [-0.05, 0) is 19.4 Å². The zero-order valence-electron chi connectivity index (χ0n) is 9.50. The summed E-state index contributed by atoms with van der Waals surface area (Å²) in [5.41, 5.74) is 0.228. The monoisotopic (exact) mass is 244 g/mol. The van der Waals surface area contributed by atoms with Crippen molar-refractivity contribution < 1.29 is 13.2 Å². The van der Waals surface area contributed by atoms with E-state index in [2.05, 4.69) is 4.98 Å². The van der Waals surface area contributed by atoms with Crippen LogP contribution in [0, 0.1) is 17.6 Å². The third-order valence-corrected chi connectivity index (χ3v) is 3.08. The number of aromatic nitrogens is 1. The van der Waals surface area contributed by atoms with E-state index in [4.69, 9.17) is 0 Å². The molecule has 1 saturated heterocycles. The van der Waals surface area contributed by atoms with E-state index in [1.54, 1.807) is 0 Å². The summed E-state index contributed by atoms with van der Waals surface area (Å²) < 4.78 is 38.6. The fourth-order valence-electron chi connectivity index (χ4n) is 2.19. The van der Waals surface area contributed by atoms with Gasteiger partial charge in [-0.1, -0.05) is 0 Å². The lowest BCUT2D eigenvalue weighted by molar-refractivity contribution is 0.145. The summed E-state index contributed by atoms with van der Waals surface area (Å²) in [6.45, 7) is 1.42. The van der Waals surface area contributed by atoms with Crippen LogP contribution in [-0.4, -0.2) is 29.6 Å². The first-order valence-electron chi connectivity index (χ1n) is 5.77. The van der Waals surface area contributed by atoms with E-state index >= 15 is 0 Å². The van der Waals surface area contributed by atoms with Crippen LogP contribution in [0.2, 0.25) is 0 Å². The van der Waals surface area contributed by atoms with Gasteiger partial charge in [0.1, 0.15) is 11.6 Å². The van der Waals surface area contributed by atoms with Crippen molar-refractivity contribution in [3.8, 4) is 0 Å². The first-order chi connectivity index (χ1) is 8.19. The molecule has 1 aromatic heterocycles. The normalized spacial score (nSPS) is 21.7. The second-order valence-electron chi connectivity index (χ2n) is 4.48. The predicted octanol–water partition coefficient (Wildman–Crippen LogP) is 2.54. The molecule has 0 N–H and O–H groups in total. The van der Waals surface area contributed by atoms with Crippen LogP contribution in [0.3, 0.4) is 0 Å². The number of pyridine rings is 1. The smallest absolute Gasteiger partial charge is 0.148 e. The van der Waals surface area contributed by atoms with Gasteiger partial charge in [0.25, 0.3) is 0 Å². The zero-order chi connectivity index (χ0) is 12.3. The summed E-state index contributed by atoms with van der Waals surface area (Å²) in [5, 5.41) is 0. The third kappa shape index (κ3) is 3.19. The molecule has 1 atom stereocenters. The van der Waals surface area contributed by atoms with Crippen molar-refractivity contribution in [2.75, 3.05) is 19.8 Å². The number of hydrogen-bond acceptors (Lipinski definition) is 2. The van der Waals surface area contributed by atoms with Crippen LogP contribution in [0.1, 0.15) is 18.5 Å². The van der Waals surface area contributed by atoms with Gasteiger partial charge in [0.2, 0.25) is 0 Å². The molecule has 0 saturated carbocycles. The number of alkyl halides is 1. The Labute approximate surface area is 98.5 Å². The van der Waals surface area contributed by atoms with Gasteiger partial charge in [0, 0.05) is 25.1 Å². The summed E-state index contributed by atoms with van der Waals surface area (Å²) in [6, 6.07) is 0.832. The summed E-state index contributed by atoms with van der Waals surface area (Å²) in [5.74, 6) is -1.27. The van der Waals surface area contributed by atoms with Gasteiger partial charge >= 0.3 is 0 Å². The Morgan fingerprint density at radius 3 is 2.94 bits per heavy atom. The van der Waals surface area contributed by atoms with E-state index in [-0.39, 0.29) is 18.3 Å². The van der Waals surface area contributed by atoms with Crippen LogP contribution in [0.25, 0.3) is 0 Å². The molecule has 1 aliphatic rings. The minimum atomic E-state index is -0.675. The second kappa shape index (κ2) is 5.49. The molecular weight excluding hydrogens is 229 g/mol. The fourth-order valence-corrected chi connectivity index (χ4v) is 2.19. The van der Waals surface area contributed by atoms with E-state index < -0.39 is 11.6 Å². The second-order valence-corrected chi connectivity index (χ2v) is 4.48. The Hall–Kier alpha value is -1.10. The van der Waals surface area contributed by atoms with Gasteiger partial charge in [-0.15, -0.1) is 0 Å². The Kier molecular flexibility index (Phi) is 3.99. The lowest BCUT2D eigenvalue weighted by Gasteiger charge is -2.31. The summed E-state index contributed by atoms with van der Waals surface area (Å²) in [7, 11) is 0. The predicted molar refractivity (Wildman–Crippen MR) is 58.1 cm³/mol. The van der Waals surface area contributed by atoms with E-state index in [0.717, 1.165) is 31.6 Å². The van der Waals surface area contributed by atoms with Crippen molar-refractivity contribution in [2.24, 2.45) is 5.92 Å². The van der Waals surface area contributed by atoms with E-state index in [0.29, 0.717) is 13.1 Å². The van der Waals surface area contributed by atoms with Crippen LogP contribution in [0.4, 0.5) is 13.2 Å². The largest absolute Gasteiger partial charge is 0.297 e. The minimum absolute atomic E-state index is 0.0345. The lowest BCUT2D eigenvalue weighted by Crippen LogP contribution is -2.36. The summed E-state index contributed by atoms with van der Waals surface area (Å²) >= 11 is 0. The number of likely N-dealkylation sites (tertiary alicyclic amines) is 1. The van der Waals surface area contributed by atoms with Gasteiger partial charge in [0.05, 0.1) is 18.6 Å². The molecule has 94 valence electrons. The molecule has 0 radical (unpaired) electrons. The van der Waals surface area contributed by atoms with Crippen LogP contribution in [0.15, 0.2) is 12.3 Å². The molecule has 2 heterocycles. The standard InChI is InChI=1S/C12H15F3N2/c13-5-9-2-1-3-17(7-9)8-12-11(15)4-10(14)6-16-12/h4,6,9H,1-3,5,7-8H2. The Balaban J connectivity index is 2.00. The first-order valence-corrected chi connectivity index (χ1v) is 5.77. The lowest BCUT2D eigenvalue weighted by atomic mass is 9.99. The van der Waals surface area contributed by atoms with E-state index in [1.807, 2.05) is 4.90 Å². The number of halogens is 3. The highest BCUT2D eigenvalue weighted by Crippen LogP contribution is 2.19. The maximum atomic E-state index is 13.4. The SMILES string of the molecule is FCC1CCCN(Cc2ncc(F)cc2F)C1. The highest BCUT2D eigenvalue weighted by molar-refractivity contribution is 5.08. The minimum Gasteiger partial charge on any atom is -0.297 e. The van der Waals surface area contributed by atoms with Gasteiger partial charge in [-0.2, -0.15) is 0 Å². The average Bonchev–Trinajstić information content (AvgIpc) is 2.33. The Morgan fingerprint density at radius 2 is 2.24 bits per heavy atom. The van der Waals surface area contributed by atoms with Crippen molar-refractivity contribution in [3.05, 3.63) is 29.6 Å². The molecule has 1 aromatic rings. The van der Waals surface area contributed by atoms with Gasteiger partial charge < -0.3 is 0 Å². The highest BCUT2D eigenvalue weighted by atomic mass is 19.1. The van der Waals surface area contributed by atoms with Crippen LogP contribution in [-0.2, 0) is 6.54 Å². The molecule has 17 heavy (non-hydrogen) atoms. The summed E-state index contributed by atoms with van der Waals surface area (Å²) in [4.78, 5) is 5.71. The van der Waals surface area contributed by atoms with Crippen molar-refractivity contribution in [2.45, 2.75) is 19.4 Å². The molecule has 1 aliphatic heterocycles. The third-order valence-electron chi connectivity index (χ3n) is 3.08. The Bertz CT molecular complexity index is 384. The van der Waals surface area contributed by atoms with Crippen molar-refractivity contribution >= 4 is 0 Å². The molecule has 0 amide bonds. The fraction of sp³-hybridized carbons (Fsp3) is 0.583. The number of piperidine rings is 1. The topological polar surface area (TPSA) is 16.1 Å². The van der Waals surface area contributed by atoms with Crippen molar-refractivity contribution in [1.29, 1.82) is 0 Å². The highest BCUT2D eigenvalue weighted by Gasteiger charge is 2.21. The quantitative estimate of drug-likeness (QED) is 0.812. The Morgan fingerprint density at radius 1 is 1.41 bits per heavy atom. The van der Waals surface area contributed by atoms with Crippen LogP contribution in [0.5, 0.6) is 0 Å². The summed E-state index contributed by atoms with van der Waals surface area (Å²) in [6.07, 6.45) is 2.80.